The third kappa shape index (κ3) is 5.84. The van der Waals surface area contributed by atoms with E-state index >= 15 is 0 Å². The molecule has 32 heavy (non-hydrogen) atoms. The van der Waals surface area contributed by atoms with E-state index in [9.17, 15) is 4.79 Å². The normalized spacial score (nSPS) is 11.1. The molecule has 0 spiro atoms. The molecule has 4 aromatic carbocycles. The second-order valence-electron chi connectivity index (χ2n) is 7.21. The molecule has 4 rings (SSSR count). The first-order valence-electron chi connectivity index (χ1n) is 10.0. The van der Waals surface area contributed by atoms with Crippen molar-refractivity contribution in [2.24, 2.45) is 5.10 Å². The van der Waals surface area contributed by atoms with E-state index < -0.39 is 0 Å². The quantitative estimate of drug-likeness (QED) is 0.207. The van der Waals surface area contributed by atoms with Crippen LogP contribution in [0.25, 0.3) is 10.8 Å². The Kier molecular flexibility index (Phi) is 7.35. The van der Waals surface area contributed by atoms with E-state index in [-0.39, 0.29) is 12.3 Å². The lowest BCUT2D eigenvalue weighted by molar-refractivity contribution is -0.120. The van der Waals surface area contributed by atoms with Crippen molar-refractivity contribution in [2.45, 2.75) is 13.0 Å². The highest BCUT2D eigenvalue weighted by atomic mass is 79.9. The second-order valence-corrected chi connectivity index (χ2v) is 9.04. The molecule has 1 amide bonds. The van der Waals surface area contributed by atoms with Crippen LogP contribution in [0, 0.1) is 0 Å². The molecule has 4 aromatic rings. The number of amides is 1. The average molecular weight is 552 g/mol. The summed E-state index contributed by atoms with van der Waals surface area (Å²) in [4.78, 5) is 12.3. The number of rotatable bonds is 7. The van der Waals surface area contributed by atoms with Crippen LogP contribution in [-0.4, -0.2) is 12.1 Å². The minimum Gasteiger partial charge on any atom is -0.488 e. The van der Waals surface area contributed by atoms with Crippen molar-refractivity contribution in [3.8, 4) is 5.75 Å². The molecule has 0 unspecified atom stereocenters. The molecular formula is C26H20Br2N2O2. The molecule has 160 valence electrons. The number of ether oxygens (including phenoxy) is 1. The standard InChI is InChI=1S/C26H20Br2N2O2/c27-21-10-5-18(6-11-21)15-26(31)30-29-16-24-23-4-2-1-3-20(23)9-14-25(24)32-17-19-7-12-22(28)13-8-19/h1-14,16H,15,17H2,(H,30,31)/b29-16+. The van der Waals surface area contributed by atoms with Gasteiger partial charge in [-0.25, -0.2) is 5.43 Å². The smallest absolute Gasteiger partial charge is 0.244 e. The van der Waals surface area contributed by atoms with Gasteiger partial charge in [-0.15, -0.1) is 0 Å². The first-order chi connectivity index (χ1) is 15.6. The number of hydrazone groups is 1. The summed E-state index contributed by atoms with van der Waals surface area (Å²) < 4.78 is 8.12. The summed E-state index contributed by atoms with van der Waals surface area (Å²) >= 11 is 6.85. The fourth-order valence-electron chi connectivity index (χ4n) is 3.27. The number of carbonyl (C=O) groups is 1. The van der Waals surface area contributed by atoms with E-state index in [0.29, 0.717) is 12.4 Å². The van der Waals surface area contributed by atoms with Gasteiger partial charge in [0.05, 0.1) is 12.6 Å². The van der Waals surface area contributed by atoms with Gasteiger partial charge in [-0.3, -0.25) is 4.79 Å². The van der Waals surface area contributed by atoms with E-state index in [4.69, 9.17) is 4.74 Å². The van der Waals surface area contributed by atoms with Crippen molar-refractivity contribution in [1.29, 1.82) is 0 Å². The average Bonchev–Trinajstić information content (AvgIpc) is 2.81. The lowest BCUT2D eigenvalue weighted by Crippen LogP contribution is -2.19. The van der Waals surface area contributed by atoms with Crippen LogP contribution in [0.2, 0.25) is 0 Å². The van der Waals surface area contributed by atoms with Gasteiger partial charge in [0.2, 0.25) is 5.91 Å². The Balaban J connectivity index is 1.51. The molecule has 0 atom stereocenters. The predicted octanol–water partition coefficient (Wildman–Crippen LogP) is 6.64. The second kappa shape index (κ2) is 10.6. The Morgan fingerprint density at radius 1 is 0.844 bits per heavy atom. The van der Waals surface area contributed by atoms with Crippen LogP contribution in [0.3, 0.4) is 0 Å². The SMILES string of the molecule is O=C(Cc1ccc(Br)cc1)N/N=C/c1c(OCc2ccc(Br)cc2)ccc2ccccc12. The minimum atomic E-state index is -0.180. The molecule has 0 aliphatic heterocycles. The van der Waals surface area contributed by atoms with Crippen LogP contribution < -0.4 is 10.2 Å². The van der Waals surface area contributed by atoms with Gasteiger partial charge in [0.15, 0.2) is 0 Å². The largest absolute Gasteiger partial charge is 0.488 e. The zero-order chi connectivity index (χ0) is 22.3. The van der Waals surface area contributed by atoms with Gasteiger partial charge >= 0.3 is 0 Å². The van der Waals surface area contributed by atoms with Crippen molar-refractivity contribution >= 4 is 54.8 Å². The maximum absolute atomic E-state index is 12.3. The lowest BCUT2D eigenvalue weighted by atomic mass is 10.0. The van der Waals surface area contributed by atoms with Gasteiger partial charge in [0.1, 0.15) is 12.4 Å². The van der Waals surface area contributed by atoms with Crippen molar-refractivity contribution in [3.63, 3.8) is 0 Å². The highest BCUT2D eigenvalue weighted by molar-refractivity contribution is 9.10. The highest BCUT2D eigenvalue weighted by Crippen LogP contribution is 2.27. The predicted molar refractivity (Wildman–Crippen MR) is 136 cm³/mol. The molecule has 0 fully saturated rings. The molecule has 0 saturated heterocycles. The highest BCUT2D eigenvalue weighted by Gasteiger charge is 2.08. The topological polar surface area (TPSA) is 50.7 Å². The summed E-state index contributed by atoms with van der Waals surface area (Å²) in [6, 6.07) is 27.6. The van der Waals surface area contributed by atoms with Crippen molar-refractivity contribution in [1.82, 2.24) is 5.43 Å². The third-order valence-corrected chi connectivity index (χ3v) is 5.96. The van der Waals surface area contributed by atoms with Crippen LogP contribution >= 0.6 is 31.9 Å². The molecular weight excluding hydrogens is 532 g/mol. The molecule has 0 heterocycles. The minimum absolute atomic E-state index is 0.180. The monoisotopic (exact) mass is 550 g/mol. The van der Waals surface area contributed by atoms with E-state index in [2.05, 4.69) is 42.4 Å². The van der Waals surface area contributed by atoms with Crippen LogP contribution in [0.5, 0.6) is 5.75 Å². The Hall–Kier alpha value is -2.96. The fourth-order valence-corrected chi connectivity index (χ4v) is 3.80. The Bertz CT molecular complexity index is 1250. The number of benzene rings is 4. The number of halogens is 2. The summed E-state index contributed by atoms with van der Waals surface area (Å²) in [5.74, 6) is 0.527. The van der Waals surface area contributed by atoms with Gasteiger partial charge in [-0.05, 0) is 52.2 Å². The zero-order valence-electron chi connectivity index (χ0n) is 17.1. The van der Waals surface area contributed by atoms with Crippen LogP contribution in [0.1, 0.15) is 16.7 Å². The maximum Gasteiger partial charge on any atom is 0.244 e. The molecule has 0 radical (unpaired) electrons. The molecule has 4 nitrogen and oxygen atoms in total. The van der Waals surface area contributed by atoms with Crippen molar-refractivity contribution < 1.29 is 9.53 Å². The number of hydrogen-bond donors (Lipinski definition) is 1. The maximum atomic E-state index is 12.3. The summed E-state index contributed by atoms with van der Waals surface area (Å²) in [6.07, 6.45) is 1.91. The van der Waals surface area contributed by atoms with Gasteiger partial charge in [0.25, 0.3) is 0 Å². The first-order valence-corrected chi connectivity index (χ1v) is 11.6. The number of fused-ring (bicyclic) bond motifs is 1. The Labute approximate surface area is 203 Å². The number of hydrogen-bond acceptors (Lipinski definition) is 3. The fraction of sp³-hybridized carbons (Fsp3) is 0.0769. The molecule has 1 N–H and O–H groups in total. The van der Waals surface area contributed by atoms with E-state index in [1.165, 1.54) is 0 Å². The van der Waals surface area contributed by atoms with E-state index in [1.54, 1.807) is 6.21 Å². The van der Waals surface area contributed by atoms with Crippen molar-refractivity contribution in [2.75, 3.05) is 0 Å². The Morgan fingerprint density at radius 2 is 1.50 bits per heavy atom. The van der Waals surface area contributed by atoms with E-state index in [0.717, 1.165) is 36.4 Å². The van der Waals surface area contributed by atoms with Crippen LogP contribution in [0.4, 0.5) is 0 Å². The summed E-state index contributed by atoms with van der Waals surface area (Å²) in [5, 5.41) is 6.29. The molecule has 0 aliphatic rings. The molecule has 0 aliphatic carbocycles. The third-order valence-electron chi connectivity index (χ3n) is 4.90. The van der Waals surface area contributed by atoms with Crippen LogP contribution in [0.15, 0.2) is 99.0 Å². The van der Waals surface area contributed by atoms with Gasteiger partial charge < -0.3 is 4.74 Å². The van der Waals surface area contributed by atoms with E-state index in [1.807, 2.05) is 84.9 Å². The van der Waals surface area contributed by atoms with Crippen molar-refractivity contribution in [3.05, 3.63) is 111 Å². The van der Waals surface area contributed by atoms with Gasteiger partial charge in [-0.2, -0.15) is 5.10 Å². The molecule has 0 aromatic heterocycles. The number of nitrogens with zero attached hydrogens (tertiary/aromatic N) is 1. The summed E-state index contributed by atoms with van der Waals surface area (Å²) in [5.41, 5.74) is 5.43. The number of carbonyl (C=O) groups excluding carboxylic acids is 1. The summed E-state index contributed by atoms with van der Waals surface area (Å²) in [7, 11) is 0. The van der Waals surface area contributed by atoms with Gasteiger partial charge in [0, 0.05) is 14.5 Å². The molecule has 0 bridgehead atoms. The number of nitrogens with one attached hydrogen (secondary N) is 1. The zero-order valence-corrected chi connectivity index (χ0v) is 20.3. The molecule has 6 heteroatoms. The lowest BCUT2D eigenvalue weighted by Gasteiger charge is -2.12. The summed E-state index contributed by atoms with van der Waals surface area (Å²) in [6.45, 7) is 0.433. The van der Waals surface area contributed by atoms with Crippen LogP contribution in [-0.2, 0) is 17.8 Å². The molecule has 0 saturated carbocycles. The Morgan fingerprint density at radius 3 is 2.22 bits per heavy atom. The first kappa shape index (κ1) is 22.2. The van der Waals surface area contributed by atoms with Gasteiger partial charge in [-0.1, -0.05) is 86.5 Å².